The first-order valence-electron chi connectivity index (χ1n) is 7.01. The number of piperazine rings is 1. The fourth-order valence-electron chi connectivity index (χ4n) is 3.24. The number of hydrogen-bond acceptors (Lipinski definition) is 4. The summed E-state index contributed by atoms with van der Waals surface area (Å²) in [5, 5.41) is 0. The van der Waals surface area contributed by atoms with E-state index in [0.29, 0.717) is 23.9 Å². The van der Waals surface area contributed by atoms with Crippen molar-refractivity contribution in [2.45, 2.75) is 38.4 Å². The predicted octanol–water partition coefficient (Wildman–Crippen LogP) is 1.89. The van der Waals surface area contributed by atoms with Gasteiger partial charge >= 0.3 is 0 Å². The molecule has 2 unspecified atom stereocenters. The van der Waals surface area contributed by atoms with Crippen molar-refractivity contribution in [1.29, 1.82) is 0 Å². The van der Waals surface area contributed by atoms with Crippen molar-refractivity contribution in [3.63, 3.8) is 0 Å². The molecule has 2 N–H and O–H groups in total. The van der Waals surface area contributed by atoms with Crippen molar-refractivity contribution < 1.29 is 9.21 Å². The maximum absolute atomic E-state index is 12.5. The minimum atomic E-state index is 0. The molecule has 0 saturated carbocycles. The summed E-state index contributed by atoms with van der Waals surface area (Å²) in [5.74, 6) is 0.734. The van der Waals surface area contributed by atoms with E-state index in [9.17, 15) is 4.79 Å². The van der Waals surface area contributed by atoms with Crippen LogP contribution in [0.2, 0.25) is 0 Å². The Morgan fingerprint density at radius 2 is 2.19 bits per heavy atom. The molecule has 2 aliphatic rings. The molecule has 2 saturated heterocycles. The molecule has 1 aromatic heterocycles. The summed E-state index contributed by atoms with van der Waals surface area (Å²) in [6.07, 6.45) is 3.98. The summed E-state index contributed by atoms with van der Waals surface area (Å²) in [6.45, 7) is 5.46. The van der Waals surface area contributed by atoms with E-state index < -0.39 is 0 Å². The average molecular weight is 336 g/mol. The van der Waals surface area contributed by atoms with E-state index in [1.807, 2.05) is 4.90 Å². The number of hydrogen-bond donors (Lipinski definition) is 1. The van der Waals surface area contributed by atoms with Crippen molar-refractivity contribution in [3.05, 3.63) is 23.7 Å². The molecule has 0 bridgehead atoms. The average Bonchev–Trinajstić information content (AvgIpc) is 3.05. The van der Waals surface area contributed by atoms with Crippen molar-refractivity contribution in [1.82, 2.24) is 9.80 Å². The highest BCUT2D eigenvalue weighted by atomic mass is 35.5. The standard InChI is InChI=1S/C14H21N3O2.2ClH/c1-10-7-16-4-2-3-12(16)8-17(10)14(18)11-5-13(6-15)19-9-11;;/h5,9-10,12H,2-4,6-8,15H2,1H3;2*1H. The van der Waals surface area contributed by atoms with E-state index in [4.69, 9.17) is 10.2 Å². The lowest BCUT2D eigenvalue weighted by molar-refractivity contribution is 0.0395. The molecule has 2 atom stereocenters. The van der Waals surface area contributed by atoms with Crippen molar-refractivity contribution >= 4 is 30.7 Å². The number of nitrogens with zero attached hydrogens (tertiary/aromatic N) is 2. The molecule has 3 rings (SSSR count). The van der Waals surface area contributed by atoms with Crippen LogP contribution in [0, 0.1) is 0 Å². The van der Waals surface area contributed by atoms with Gasteiger partial charge in [-0.25, -0.2) is 0 Å². The summed E-state index contributed by atoms with van der Waals surface area (Å²) in [5.41, 5.74) is 6.14. The van der Waals surface area contributed by atoms with Gasteiger partial charge in [-0.1, -0.05) is 0 Å². The molecule has 1 amide bonds. The van der Waals surface area contributed by atoms with Crippen LogP contribution in [0.25, 0.3) is 0 Å². The molecule has 2 aliphatic heterocycles. The van der Waals surface area contributed by atoms with Crippen LogP contribution < -0.4 is 5.73 Å². The molecule has 120 valence electrons. The Balaban J connectivity index is 0.00000110. The zero-order chi connectivity index (χ0) is 13.4. The zero-order valence-electron chi connectivity index (χ0n) is 12.2. The number of furan rings is 1. The van der Waals surface area contributed by atoms with Gasteiger partial charge in [-0.05, 0) is 32.4 Å². The minimum absolute atomic E-state index is 0. The van der Waals surface area contributed by atoms with E-state index >= 15 is 0 Å². The van der Waals surface area contributed by atoms with Gasteiger partial charge in [0.05, 0.1) is 12.1 Å². The van der Waals surface area contributed by atoms with Gasteiger partial charge in [0.15, 0.2) is 0 Å². The normalized spacial score (nSPS) is 25.0. The fraction of sp³-hybridized carbons (Fsp3) is 0.643. The first kappa shape index (κ1) is 18.3. The molecule has 0 aliphatic carbocycles. The molecular weight excluding hydrogens is 313 g/mol. The van der Waals surface area contributed by atoms with Gasteiger partial charge in [0.25, 0.3) is 5.91 Å². The Hall–Kier alpha value is -0.750. The second kappa shape index (κ2) is 7.49. The number of nitrogens with two attached hydrogens (primary N) is 1. The molecule has 1 aromatic rings. The number of halogens is 2. The number of rotatable bonds is 2. The Bertz CT molecular complexity index is 481. The SMILES string of the molecule is CC1CN2CCCC2CN1C(=O)c1coc(CN)c1.Cl.Cl. The molecule has 7 heteroatoms. The molecule has 5 nitrogen and oxygen atoms in total. The van der Waals surface area contributed by atoms with Crippen LogP contribution in [0.5, 0.6) is 0 Å². The molecule has 3 heterocycles. The molecule has 0 spiro atoms. The van der Waals surface area contributed by atoms with E-state index in [-0.39, 0.29) is 36.8 Å². The lowest BCUT2D eigenvalue weighted by atomic mass is 10.1. The predicted molar refractivity (Wildman–Crippen MR) is 86.2 cm³/mol. The van der Waals surface area contributed by atoms with Crippen molar-refractivity contribution in [3.8, 4) is 0 Å². The summed E-state index contributed by atoms with van der Waals surface area (Å²) < 4.78 is 5.26. The third-order valence-electron chi connectivity index (χ3n) is 4.30. The Labute approximate surface area is 137 Å². The first-order chi connectivity index (χ1) is 9.19. The summed E-state index contributed by atoms with van der Waals surface area (Å²) in [7, 11) is 0. The maximum Gasteiger partial charge on any atom is 0.257 e. The monoisotopic (exact) mass is 335 g/mol. The summed E-state index contributed by atoms with van der Waals surface area (Å²) >= 11 is 0. The van der Waals surface area contributed by atoms with Crippen molar-refractivity contribution in [2.75, 3.05) is 19.6 Å². The largest absolute Gasteiger partial charge is 0.467 e. The molecule has 0 aromatic carbocycles. The smallest absolute Gasteiger partial charge is 0.257 e. The zero-order valence-corrected chi connectivity index (χ0v) is 13.8. The fourth-order valence-corrected chi connectivity index (χ4v) is 3.24. The van der Waals surface area contributed by atoms with Gasteiger partial charge in [0, 0.05) is 25.2 Å². The highest BCUT2D eigenvalue weighted by Gasteiger charge is 2.36. The van der Waals surface area contributed by atoms with Gasteiger partial charge in [-0.3, -0.25) is 9.69 Å². The van der Waals surface area contributed by atoms with E-state index in [1.165, 1.54) is 25.6 Å². The number of carbonyl (C=O) groups excluding carboxylic acids is 1. The van der Waals surface area contributed by atoms with Crippen molar-refractivity contribution in [2.24, 2.45) is 5.73 Å². The highest BCUT2D eigenvalue weighted by molar-refractivity contribution is 5.94. The number of fused-ring (bicyclic) bond motifs is 1. The van der Waals surface area contributed by atoms with Crippen LogP contribution in [0.15, 0.2) is 16.7 Å². The third-order valence-corrected chi connectivity index (χ3v) is 4.30. The second-order valence-corrected chi connectivity index (χ2v) is 5.60. The molecular formula is C14H23Cl2N3O2. The van der Waals surface area contributed by atoms with E-state index in [1.54, 1.807) is 6.07 Å². The quantitative estimate of drug-likeness (QED) is 0.896. The lowest BCUT2D eigenvalue weighted by Gasteiger charge is -2.42. The van der Waals surface area contributed by atoms with Crippen LogP contribution in [0.4, 0.5) is 0 Å². The van der Waals surface area contributed by atoms with Gasteiger partial charge in [-0.15, -0.1) is 24.8 Å². The molecule has 0 radical (unpaired) electrons. The Kier molecular flexibility index (Phi) is 6.53. The van der Waals surface area contributed by atoms with Crippen LogP contribution in [-0.4, -0.2) is 47.4 Å². The van der Waals surface area contributed by atoms with Gasteiger partial charge in [-0.2, -0.15) is 0 Å². The number of amides is 1. The topological polar surface area (TPSA) is 62.7 Å². The lowest BCUT2D eigenvalue weighted by Crippen LogP contribution is -2.56. The highest BCUT2D eigenvalue weighted by Crippen LogP contribution is 2.26. The van der Waals surface area contributed by atoms with Crippen LogP contribution >= 0.6 is 24.8 Å². The van der Waals surface area contributed by atoms with E-state index in [0.717, 1.165) is 13.1 Å². The maximum atomic E-state index is 12.5. The number of carbonyl (C=O) groups is 1. The molecule has 2 fully saturated rings. The van der Waals surface area contributed by atoms with Gasteiger partial charge in [0.2, 0.25) is 0 Å². The van der Waals surface area contributed by atoms with E-state index in [2.05, 4.69) is 11.8 Å². The second-order valence-electron chi connectivity index (χ2n) is 5.60. The van der Waals surface area contributed by atoms with Crippen LogP contribution in [-0.2, 0) is 6.54 Å². The van der Waals surface area contributed by atoms with Gasteiger partial charge < -0.3 is 15.1 Å². The minimum Gasteiger partial charge on any atom is -0.467 e. The van der Waals surface area contributed by atoms with Gasteiger partial charge in [0.1, 0.15) is 12.0 Å². The third kappa shape index (κ3) is 3.54. The Morgan fingerprint density at radius 3 is 2.86 bits per heavy atom. The summed E-state index contributed by atoms with van der Waals surface area (Å²) in [6, 6.07) is 2.56. The molecule has 21 heavy (non-hydrogen) atoms. The Morgan fingerprint density at radius 1 is 1.43 bits per heavy atom. The first-order valence-corrected chi connectivity index (χ1v) is 7.01. The van der Waals surface area contributed by atoms with Crippen LogP contribution in [0.1, 0.15) is 35.9 Å². The summed E-state index contributed by atoms with van der Waals surface area (Å²) in [4.78, 5) is 17.0. The van der Waals surface area contributed by atoms with Crippen LogP contribution in [0.3, 0.4) is 0 Å².